The van der Waals surface area contributed by atoms with Crippen LogP contribution in [0.25, 0.3) is 0 Å². The number of amides is 2. The summed E-state index contributed by atoms with van der Waals surface area (Å²) in [5, 5.41) is 5.54. The Hall–Kier alpha value is -2.76. The largest absolute Gasteiger partial charge is 0.493 e. The number of benzene rings is 1. The van der Waals surface area contributed by atoms with Gasteiger partial charge in [0.15, 0.2) is 0 Å². The van der Waals surface area contributed by atoms with Crippen LogP contribution in [0.2, 0.25) is 0 Å². The van der Waals surface area contributed by atoms with E-state index in [2.05, 4.69) is 36.8 Å². The Morgan fingerprint density at radius 3 is 2.06 bits per heavy atom. The third-order valence-electron chi connectivity index (χ3n) is 4.98. The summed E-state index contributed by atoms with van der Waals surface area (Å²) in [6.07, 6.45) is 11.8. The number of aryl methyl sites for hydroxylation is 1. The standard InChI is InChI=1S/C26H40N2O4/c1-4-7-8-9-14-22-15-16-23(31-19-12-10-17-27-25(29)5-2)21-24(22)32-20-13-11-18-28-26(30)6-3/h5-6,15-16,21H,2-4,7-14,17-20H2,1H3,(H,27,29)(H,28,30). The topological polar surface area (TPSA) is 76.7 Å². The van der Waals surface area contributed by atoms with E-state index in [1.807, 2.05) is 12.1 Å². The highest BCUT2D eigenvalue weighted by Crippen LogP contribution is 2.27. The van der Waals surface area contributed by atoms with Crippen molar-refractivity contribution in [3.63, 3.8) is 0 Å². The van der Waals surface area contributed by atoms with Crippen LogP contribution >= 0.6 is 0 Å². The van der Waals surface area contributed by atoms with Gasteiger partial charge in [0.1, 0.15) is 11.5 Å². The van der Waals surface area contributed by atoms with Crippen LogP contribution in [0.1, 0.15) is 63.9 Å². The summed E-state index contributed by atoms with van der Waals surface area (Å²) >= 11 is 0. The van der Waals surface area contributed by atoms with Gasteiger partial charge in [0, 0.05) is 19.2 Å². The first kappa shape index (κ1) is 27.3. The number of carbonyl (C=O) groups is 2. The quantitative estimate of drug-likeness (QED) is 0.239. The molecule has 0 saturated heterocycles. The summed E-state index contributed by atoms with van der Waals surface area (Å²) in [6, 6.07) is 6.09. The minimum absolute atomic E-state index is 0.145. The van der Waals surface area contributed by atoms with E-state index in [1.54, 1.807) is 0 Å². The van der Waals surface area contributed by atoms with Gasteiger partial charge in [-0.3, -0.25) is 9.59 Å². The Bertz CT molecular complexity index is 703. The van der Waals surface area contributed by atoms with E-state index in [0.29, 0.717) is 26.3 Å². The summed E-state index contributed by atoms with van der Waals surface area (Å²) < 4.78 is 12.0. The van der Waals surface area contributed by atoms with Crippen molar-refractivity contribution in [3.05, 3.63) is 49.1 Å². The number of hydrogen-bond acceptors (Lipinski definition) is 4. The average Bonchev–Trinajstić information content (AvgIpc) is 2.81. The Morgan fingerprint density at radius 1 is 0.844 bits per heavy atom. The number of nitrogens with one attached hydrogen (secondary N) is 2. The second-order valence-electron chi connectivity index (χ2n) is 7.68. The van der Waals surface area contributed by atoms with Gasteiger partial charge in [0.05, 0.1) is 13.2 Å². The molecule has 0 unspecified atom stereocenters. The maximum Gasteiger partial charge on any atom is 0.243 e. The third-order valence-corrected chi connectivity index (χ3v) is 4.98. The van der Waals surface area contributed by atoms with Gasteiger partial charge in [-0.1, -0.05) is 45.4 Å². The first-order valence-electron chi connectivity index (χ1n) is 11.8. The molecule has 32 heavy (non-hydrogen) atoms. The lowest BCUT2D eigenvalue weighted by atomic mass is 10.0. The summed E-state index contributed by atoms with van der Waals surface area (Å²) in [6.45, 7) is 11.5. The van der Waals surface area contributed by atoms with E-state index in [4.69, 9.17) is 9.47 Å². The molecule has 0 aromatic heterocycles. The molecule has 1 aromatic rings. The van der Waals surface area contributed by atoms with Gasteiger partial charge in [0.2, 0.25) is 11.8 Å². The molecule has 0 bridgehead atoms. The van der Waals surface area contributed by atoms with E-state index in [-0.39, 0.29) is 11.8 Å². The van der Waals surface area contributed by atoms with Crippen LogP contribution in [0, 0.1) is 0 Å². The zero-order chi connectivity index (χ0) is 23.4. The molecule has 2 amide bonds. The molecule has 6 heteroatoms. The smallest absolute Gasteiger partial charge is 0.243 e. The van der Waals surface area contributed by atoms with Crippen LogP contribution in [-0.4, -0.2) is 38.1 Å². The number of carbonyl (C=O) groups excluding carboxylic acids is 2. The second kappa shape index (κ2) is 17.9. The molecule has 2 N–H and O–H groups in total. The highest BCUT2D eigenvalue weighted by atomic mass is 16.5. The molecule has 1 rings (SSSR count). The lowest BCUT2D eigenvalue weighted by Crippen LogP contribution is -2.22. The molecule has 178 valence electrons. The van der Waals surface area contributed by atoms with Crippen molar-refractivity contribution in [1.82, 2.24) is 10.6 Å². The average molecular weight is 445 g/mol. The summed E-state index contributed by atoms with van der Waals surface area (Å²) in [7, 11) is 0. The van der Waals surface area contributed by atoms with E-state index >= 15 is 0 Å². The molecular formula is C26H40N2O4. The minimum Gasteiger partial charge on any atom is -0.493 e. The van der Waals surface area contributed by atoms with Crippen molar-refractivity contribution < 1.29 is 19.1 Å². The normalized spacial score (nSPS) is 10.3. The number of unbranched alkanes of at least 4 members (excludes halogenated alkanes) is 5. The third kappa shape index (κ3) is 12.8. The molecule has 0 heterocycles. The van der Waals surface area contributed by atoms with Crippen LogP contribution in [0.4, 0.5) is 0 Å². The SMILES string of the molecule is C=CC(=O)NCCCCOc1ccc(CCCCCC)c(OCCCCNC(=O)C=C)c1. The van der Waals surface area contributed by atoms with E-state index in [0.717, 1.165) is 50.0 Å². The molecular weight excluding hydrogens is 404 g/mol. The lowest BCUT2D eigenvalue weighted by Gasteiger charge is -2.14. The first-order valence-corrected chi connectivity index (χ1v) is 11.8. The van der Waals surface area contributed by atoms with Gasteiger partial charge in [-0.2, -0.15) is 0 Å². The van der Waals surface area contributed by atoms with E-state index in [9.17, 15) is 9.59 Å². The van der Waals surface area contributed by atoms with Gasteiger partial charge in [-0.15, -0.1) is 0 Å². The molecule has 6 nitrogen and oxygen atoms in total. The fourth-order valence-electron chi connectivity index (χ4n) is 3.10. The van der Waals surface area contributed by atoms with Gasteiger partial charge in [-0.05, 0) is 62.3 Å². The van der Waals surface area contributed by atoms with Crippen molar-refractivity contribution in [2.45, 2.75) is 64.7 Å². The summed E-state index contributed by atoms with van der Waals surface area (Å²) in [5.74, 6) is 1.39. The zero-order valence-corrected chi connectivity index (χ0v) is 19.6. The van der Waals surface area contributed by atoms with Crippen LogP contribution in [0.5, 0.6) is 11.5 Å². The predicted octanol–water partition coefficient (Wildman–Crippen LogP) is 4.73. The van der Waals surface area contributed by atoms with E-state index in [1.165, 1.54) is 37.0 Å². The highest BCUT2D eigenvalue weighted by molar-refractivity contribution is 5.87. The van der Waals surface area contributed by atoms with Gasteiger partial charge in [0.25, 0.3) is 0 Å². The van der Waals surface area contributed by atoms with E-state index < -0.39 is 0 Å². The Morgan fingerprint density at radius 2 is 1.47 bits per heavy atom. The van der Waals surface area contributed by atoms with Crippen molar-refractivity contribution in [2.75, 3.05) is 26.3 Å². The summed E-state index contributed by atoms with van der Waals surface area (Å²) in [4.78, 5) is 22.3. The maximum absolute atomic E-state index is 11.2. The zero-order valence-electron chi connectivity index (χ0n) is 19.6. The molecule has 0 radical (unpaired) electrons. The Labute approximate surface area is 193 Å². The second-order valence-corrected chi connectivity index (χ2v) is 7.68. The first-order chi connectivity index (χ1) is 15.6. The van der Waals surface area contributed by atoms with Crippen molar-refractivity contribution >= 4 is 11.8 Å². The maximum atomic E-state index is 11.2. The monoisotopic (exact) mass is 444 g/mol. The fraction of sp³-hybridized carbons (Fsp3) is 0.538. The molecule has 0 saturated carbocycles. The van der Waals surface area contributed by atoms with Gasteiger partial charge >= 0.3 is 0 Å². The fourth-order valence-corrected chi connectivity index (χ4v) is 3.10. The number of hydrogen-bond donors (Lipinski definition) is 2. The molecule has 0 aliphatic heterocycles. The van der Waals surface area contributed by atoms with Crippen LogP contribution in [0.15, 0.2) is 43.5 Å². The minimum atomic E-state index is -0.148. The van der Waals surface area contributed by atoms with Crippen molar-refractivity contribution in [2.24, 2.45) is 0 Å². The van der Waals surface area contributed by atoms with Crippen molar-refractivity contribution in [3.8, 4) is 11.5 Å². The molecule has 0 fully saturated rings. The number of rotatable bonds is 19. The Kier molecular flexibility index (Phi) is 15.2. The molecule has 0 atom stereocenters. The highest BCUT2D eigenvalue weighted by Gasteiger charge is 2.07. The van der Waals surface area contributed by atoms with Gasteiger partial charge in [-0.25, -0.2) is 0 Å². The molecule has 0 aliphatic rings. The van der Waals surface area contributed by atoms with Crippen LogP contribution in [0.3, 0.4) is 0 Å². The Balaban J connectivity index is 2.49. The number of ether oxygens (including phenoxy) is 2. The van der Waals surface area contributed by atoms with Crippen molar-refractivity contribution in [1.29, 1.82) is 0 Å². The molecule has 0 spiro atoms. The predicted molar refractivity (Wildman–Crippen MR) is 130 cm³/mol. The van der Waals surface area contributed by atoms with Crippen LogP contribution < -0.4 is 20.1 Å². The molecule has 0 aliphatic carbocycles. The lowest BCUT2D eigenvalue weighted by molar-refractivity contribution is -0.117. The summed E-state index contributed by atoms with van der Waals surface area (Å²) in [5.41, 5.74) is 1.21. The molecule has 1 aromatic carbocycles. The van der Waals surface area contributed by atoms with Crippen LogP contribution in [-0.2, 0) is 16.0 Å². The van der Waals surface area contributed by atoms with Gasteiger partial charge < -0.3 is 20.1 Å².